The van der Waals surface area contributed by atoms with Gasteiger partial charge in [0.1, 0.15) is 12.2 Å². The fourth-order valence-corrected chi connectivity index (χ4v) is 1.75. The molecule has 0 radical (unpaired) electrons. The Morgan fingerprint density at radius 1 is 1.31 bits per heavy atom. The fraction of sp³-hybridized carbons (Fsp3) is 1.00. The highest BCUT2D eigenvalue weighted by atomic mass is 19.4. The lowest BCUT2D eigenvalue weighted by Crippen LogP contribution is -2.48. The first-order valence-corrected chi connectivity index (χ1v) is 4.30. The second-order valence-electron chi connectivity index (χ2n) is 3.62. The van der Waals surface area contributed by atoms with E-state index in [1.54, 1.807) is 13.8 Å². The average Bonchev–Trinajstić information content (AvgIpc) is 2.28. The molecule has 1 aliphatic heterocycles. The monoisotopic (exact) mass is 199 g/mol. The number of hydrogen-bond donors (Lipinski definition) is 0. The van der Waals surface area contributed by atoms with Gasteiger partial charge in [-0.3, -0.25) is 4.90 Å². The van der Waals surface area contributed by atoms with Crippen molar-refractivity contribution in [1.29, 1.82) is 0 Å². The molecule has 0 N–H and O–H groups in total. The van der Waals surface area contributed by atoms with Gasteiger partial charge in [-0.2, -0.15) is 13.2 Å². The van der Waals surface area contributed by atoms with Crippen molar-refractivity contribution in [2.24, 2.45) is 0 Å². The molecular weight excluding hydrogens is 186 g/mol. The molecule has 0 aliphatic carbocycles. The van der Waals surface area contributed by atoms with E-state index in [4.69, 9.17) is 0 Å². The molecule has 5 heteroatoms. The molecule has 0 aromatic heterocycles. The lowest BCUT2D eigenvalue weighted by molar-refractivity contribution is -0.190. The molecule has 0 aromatic rings. The Balaban J connectivity index is 2.77. The minimum Gasteiger partial charge on any atom is -0.287 e. The van der Waals surface area contributed by atoms with E-state index in [1.807, 2.05) is 0 Å². The van der Waals surface area contributed by atoms with E-state index >= 15 is 0 Å². The minimum absolute atomic E-state index is 0.0116. The Labute approximate surface area is 74.7 Å². The zero-order valence-electron chi connectivity index (χ0n) is 7.61. The van der Waals surface area contributed by atoms with Gasteiger partial charge < -0.3 is 0 Å². The van der Waals surface area contributed by atoms with E-state index in [-0.39, 0.29) is 19.0 Å². The van der Waals surface area contributed by atoms with E-state index in [9.17, 15) is 17.6 Å². The average molecular weight is 199 g/mol. The molecule has 0 spiro atoms. The van der Waals surface area contributed by atoms with Crippen LogP contribution in [0.15, 0.2) is 0 Å². The normalized spacial score (nSPS) is 31.6. The van der Waals surface area contributed by atoms with Gasteiger partial charge in [-0.05, 0) is 20.3 Å². The Hall–Kier alpha value is -0.320. The van der Waals surface area contributed by atoms with Gasteiger partial charge in [0.25, 0.3) is 0 Å². The van der Waals surface area contributed by atoms with E-state index in [1.165, 1.54) is 4.90 Å². The van der Waals surface area contributed by atoms with E-state index in [2.05, 4.69) is 0 Å². The highest BCUT2D eigenvalue weighted by molar-refractivity contribution is 4.93. The molecule has 0 saturated carbocycles. The predicted molar refractivity (Wildman–Crippen MR) is 41.2 cm³/mol. The van der Waals surface area contributed by atoms with Gasteiger partial charge in [0, 0.05) is 12.6 Å². The molecule has 2 unspecified atom stereocenters. The van der Waals surface area contributed by atoms with Crippen LogP contribution in [0.25, 0.3) is 0 Å². The number of rotatable bonds is 1. The fourth-order valence-electron chi connectivity index (χ4n) is 1.75. The summed E-state index contributed by atoms with van der Waals surface area (Å²) in [6.07, 6.45) is -6.22. The molecule has 1 rings (SSSR count). The molecule has 2 atom stereocenters. The topological polar surface area (TPSA) is 3.24 Å². The van der Waals surface area contributed by atoms with Crippen molar-refractivity contribution in [2.75, 3.05) is 6.54 Å². The molecule has 0 amide bonds. The third-order valence-corrected chi connectivity index (χ3v) is 2.36. The molecule has 1 nitrogen and oxygen atoms in total. The van der Waals surface area contributed by atoms with Crippen molar-refractivity contribution < 1.29 is 17.6 Å². The highest BCUT2D eigenvalue weighted by Gasteiger charge is 2.52. The first-order valence-electron chi connectivity index (χ1n) is 4.30. The molecule has 13 heavy (non-hydrogen) atoms. The largest absolute Gasteiger partial charge is 0.406 e. The van der Waals surface area contributed by atoms with Crippen LogP contribution in [-0.2, 0) is 0 Å². The molecule has 0 aromatic carbocycles. The maximum atomic E-state index is 12.9. The highest BCUT2D eigenvalue weighted by Crippen LogP contribution is 2.35. The van der Waals surface area contributed by atoms with Crippen molar-refractivity contribution in [3.8, 4) is 0 Å². The Morgan fingerprint density at radius 3 is 2.15 bits per heavy atom. The minimum atomic E-state index is -4.44. The van der Waals surface area contributed by atoms with Crippen LogP contribution >= 0.6 is 0 Å². The summed E-state index contributed by atoms with van der Waals surface area (Å²) in [5.74, 6) is 0. The third-order valence-electron chi connectivity index (χ3n) is 2.36. The summed E-state index contributed by atoms with van der Waals surface area (Å²) in [6.45, 7) is 3.50. The number of halogens is 4. The summed E-state index contributed by atoms with van der Waals surface area (Å²) < 4.78 is 50.0. The van der Waals surface area contributed by atoms with E-state index in [0.717, 1.165) is 0 Å². The molecule has 1 aliphatic rings. The van der Waals surface area contributed by atoms with Gasteiger partial charge in [-0.1, -0.05) is 0 Å². The van der Waals surface area contributed by atoms with Crippen LogP contribution in [-0.4, -0.2) is 35.9 Å². The molecule has 1 fully saturated rings. The van der Waals surface area contributed by atoms with Crippen molar-refractivity contribution in [3.05, 3.63) is 0 Å². The van der Waals surface area contributed by atoms with Crippen LogP contribution < -0.4 is 0 Å². The first kappa shape index (κ1) is 10.8. The van der Waals surface area contributed by atoms with Crippen LogP contribution in [0.3, 0.4) is 0 Å². The number of hydrogen-bond acceptors (Lipinski definition) is 1. The van der Waals surface area contributed by atoms with Crippen LogP contribution in [0.2, 0.25) is 0 Å². The summed E-state index contributed by atoms with van der Waals surface area (Å²) in [4.78, 5) is 1.17. The lowest BCUT2D eigenvalue weighted by atomic mass is 10.1. The van der Waals surface area contributed by atoms with Crippen molar-refractivity contribution in [2.45, 2.75) is 44.7 Å². The summed E-state index contributed by atoms with van der Waals surface area (Å²) in [5, 5.41) is 0. The standard InChI is InChI=1S/C8H13F4N/c1-5(2)13-4-3-6(9)7(13)8(10,11)12/h5-7H,3-4H2,1-2H3. The SMILES string of the molecule is CC(C)N1CCC(F)C1C(F)(F)F. The van der Waals surface area contributed by atoms with Gasteiger partial charge in [-0.15, -0.1) is 0 Å². The maximum absolute atomic E-state index is 12.9. The maximum Gasteiger partial charge on any atom is 0.406 e. The number of likely N-dealkylation sites (tertiary alicyclic amines) is 1. The summed E-state index contributed by atoms with van der Waals surface area (Å²) in [7, 11) is 0. The molecular formula is C8H13F4N. The van der Waals surface area contributed by atoms with E-state index in [0.29, 0.717) is 0 Å². The molecule has 78 valence electrons. The summed E-state index contributed by atoms with van der Waals surface area (Å²) >= 11 is 0. The van der Waals surface area contributed by atoms with Crippen LogP contribution in [0.4, 0.5) is 17.6 Å². The second kappa shape index (κ2) is 3.44. The Kier molecular flexibility index (Phi) is 2.85. The number of alkyl halides is 4. The third kappa shape index (κ3) is 2.13. The lowest BCUT2D eigenvalue weighted by Gasteiger charge is -2.30. The number of nitrogens with zero attached hydrogens (tertiary/aromatic N) is 1. The first-order chi connectivity index (χ1) is 5.84. The molecule has 1 heterocycles. The predicted octanol–water partition coefficient (Wildman–Crippen LogP) is 2.37. The zero-order chi connectivity index (χ0) is 10.2. The van der Waals surface area contributed by atoms with Crippen molar-refractivity contribution in [3.63, 3.8) is 0 Å². The summed E-state index contributed by atoms with van der Waals surface area (Å²) in [5.41, 5.74) is 0. The van der Waals surface area contributed by atoms with Gasteiger partial charge in [0.05, 0.1) is 0 Å². The van der Waals surface area contributed by atoms with Gasteiger partial charge in [0.15, 0.2) is 0 Å². The quantitative estimate of drug-likeness (QED) is 0.586. The van der Waals surface area contributed by atoms with Crippen LogP contribution in [0.1, 0.15) is 20.3 Å². The van der Waals surface area contributed by atoms with Crippen LogP contribution in [0.5, 0.6) is 0 Å². The van der Waals surface area contributed by atoms with Gasteiger partial charge in [0.2, 0.25) is 0 Å². The zero-order valence-corrected chi connectivity index (χ0v) is 7.61. The summed E-state index contributed by atoms with van der Waals surface area (Å²) in [6, 6.07) is -2.15. The van der Waals surface area contributed by atoms with Gasteiger partial charge in [-0.25, -0.2) is 4.39 Å². The van der Waals surface area contributed by atoms with Gasteiger partial charge >= 0.3 is 6.18 Å². The smallest absolute Gasteiger partial charge is 0.287 e. The Morgan fingerprint density at radius 2 is 1.85 bits per heavy atom. The van der Waals surface area contributed by atoms with Crippen molar-refractivity contribution >= 4 is 0 Å². The van der Waals surface area contributed by atoms with E-state index < -0.39 is 18.4 Å². The molecule has 0 bridgehead atoms. The van der Waals surface area contributed by atoms with Crippen molar-refractivity contribution in [1.82, 2.24) is 4.90 Å². The second-order valence-corrected chi connectivity index (χ2v) is 3.62. The molecule has 1 saturated heterocycles. The van der Waals surface area contributed by atoms with Crippen LogP contribution in [0, 0.1) is 0 Å². The Bertz CT molecular complexity index is 177.